The summed E-state index contributed by atoms with van der Waals surface area (Å²) >= 11 is 0. The van der Waals surface area contributed by atoms with Gasteiger partial charge >= 0.3 is 0 Å². The van der Waals surface area contributed by atoms with Crippen LogP contribution in [0.15, 0.2) is 0 Å². The van der Waals surface area contributed by atoms with E-state index in [1.54, 1.807) is 4.31 Å². The van der Waals surface area contributed by atoms with E-state index in [1.165, 1.54) is 4.31 Å². The minimum absolute atomic E-state index is 0.129. The van der Waals surface area contributed by atoms with Crippen LogP contribution in [0, 0.1) is 11.8 Å². The quantitative estimate of drug-likeness (QED) is 0.718. The Morgan fingerprint density at radius 3 is 2.28 bits per heavy atom. The smallest absolute Gasteiger partial charge is 0.282 e. The third-order valence-electron chi connectivity index (χ3n) is 3.89. The maximum absolute atomic E-state index is 12.5. The fourth-order valence-corrected chi connectivity index (χ4v) is 4.68. The summed E-state index contributed by atoms with van der Waals surface area (Å²) in [5, 5.41) is 0. The molecule has 18 heavy (non-hydrogen) atoms. The Morgan fingerprint density at radius 1 is 1.06 bits per heavy atom. The molecule has 2 rings (SSSR count). The number of piperidine rings is 2. The van der Waals surface area contributed by atoms with Gasteiger partial charge in [-0.1, -0.05) is 6.92 Å². The highest BCUT2D eigenvalue weighted by Gasteiger charge is 2.35. The molecule has 2 unspecified atom stereocenters. The molecule has 2 aliphatic heterocycles. The van der Waals surface area contributed by atoms with E-state index in [2.05, 4.69) is 6.92 Å². The van der Waals surface area contributed by atoms with Gasteiger partial charge in [-0.15, -0.1) is 0 Å². The monoisotopic (exact) mass is 274 g/mol. The summed E-state index contributed by atoms with van der Waals surface area (Å²) in [6.07, 6.45) is 4.52. The predicted molar refractivity (Wildman–Crippen MR) is 69.3 cm³/mol. The fraction of sp³-hybridized carbons (Fsp3) is 0.917. The number of aldehydes is 1. The average molecular weight is 274 g/mol. The van der Waals surface area contributed by atoms with Gasteiger partial charge in [0, 0.05) is 32.1 Å². The maximum Gasteiger partial charge on any atom is 0.282 e. The standard InChI is InChI=1S/C12H22N2O3S/c1-11-4-2-6-13(8-11)18(16,17)14-7-3-5-12(9-14)10-15/h10-12H,2-9H2,1H3. The first kappa shape index (κ1) is 14.0. The predicted octanol–water partition coefficient (Wildman–Crippen LogP) is 0.874. The van der Waals surface area contributed by atoms with Crippen LogP contribution >= 0.6 is 0 Å². The van der Waals surface area contributed by atoms with Crippen molar-refractivity contribution < 1.29 is 13.2 Å². The van der Waals surface area contributed by atoms with E-state index >= 15 is 0 Å². The molecule has 0 spiro atoms. The van der Waals surface area contributed by atoms with Crippen LogP contribution in [0.5, 0.6) is 0 Å². The Hall–Kier alpha value is -0.460. The van der Waals surface area contributed by atoms with E-state index in [1.807, 2.05) is 0 Å². The lowest BCUT2D eigenvalue weighted by Gasteiger charge is -2.37. The summed E-state index contributed by atoms with van der Waals surface area (Å²) in [5.74, 6) is 0.302. The molecule has 0 aromatic carbocycles. The van der Waals surface area contributed by atoms with E-state index < -0.39 is 10.2 Å². The van der Waals surface area contributed by atoms with E-state index in [-0.39, 0.29) is 5.92 Å². The molecule has 2 heterocycles. The van der Waals surface area contributed by atoms with Crippen LogP contribution in [0.1, 0.15) is 32.6 Å². The molecule has 6 heteroatoms. The molecule has 0 bridgehead atoms. The number of nitrogens with zero attached hydrogens (tertiary/aromatic N) is 2. The number of hydrogen-bond acceptors (Lipinski definition) is 3. The molecule has 0 saturated carbocycles. The van der Waals surface area contributed by atoms with E-state index in [9.17, 15) is 13.2 Å². The van der Waals surface area contributed by atoms with Crippen LogP contribution in [0.25, 0.3) is 0 Å². The van der Waals surface area contributed by atoms with Gasteiger partial charge in [0.2, 0.25) is 0 Å². The zero-order chi connectivity index (χ0) is 13.2. The zero-order valence-electron chi connectivity index (χ0n) is 10.9. The molecule has 104 valence electrons. The minimum Gasteiger partial charge on any atom is -0.303 e. The molecule has 2 aliphatic rings. The first-order valence-electron chi connectivity index (χ1n) is 6.74. The zero-order valence-corrected chi connectivity index (χ0v) is 11.7. The topological polar surface area (TPSA) is 57.7 Å². The second-order valence-electron chi connectivity index (χ2n) is 5.51. The molecule has 0 aromatic heterocycles. The van der Waals surface area contributed by atoms with Crippen molar-refractivity contribution in [3.05, 3.63) is 0 Å². The van der Waals surface area contributed by atoms with Gasteiger partial charge in [0.05, 0.1) is 0 Å². The molecule has 0 N–H and O–H groups in total. The Balaban J connectivity index is 2.07. The summed E-state index contributed by atoms with van der Waals surface area (Å²) in [6.45, 7) is 4.24. The van der Waals surface area contributed by atoms with Crippen LogP contribution in [0.4, 0.5) is 0 Å². The molecule has 2 atom stereocenters. The van der Waals surface area contributed by atoms with Gasteiger partial charge in [0.1, 0.15) is 6.29 Å². The van der Waals surface area contributed by atoms with Gasteiger partial charge in [-0.25, -0.2) is 0 Å². The van der Waals surface area contributed by atoms with Crippen molar-refractivity contribution in [3.63, 3.8) is 0 Å². The maximum atomic E-state index is 12.5. The van der Waals surface area contributed by atoms with Crippen molar-refractivity contribution in [1.82, 2.24) is 8.61 Å². The number of carbonyl (C=O) groups is 1. The van der Waals surface area contributed by atoms with Crippen molar-refractivity contribution >= 4 is 16.5 Å². The molecule has 0 radical (unpaired) electrons. The van der Waals surface area contributed by atoms with Gasteiger partial charge in [-0.3, -0.25) is 0 Å². The number of rotatable bonds is 3. The second kappa shape index (κ2) is 5.67. The van der Waals surface area contributed by atoms with Crippen molar-refractivity contribution in [2.24, 2.45) is 11.8 Å². The molecule has 5 nitrogen and oxygen atoms in total. The summed E-state index contributed by atoms with van der Waals surface area (Å²) in [5.41, 5.74) is 0. The largest absolute Gasteiger partial charge is 0.303 e. The second-order valence-corrected chi connectivity index (χ2v) is 7.44. The Kier molecular flexibility index (Phi) is 4.40. The lowest BCUT2D eigenvalue weighted by atomic mass is 10.0. The van der Waals surface area contributed by atoms with Crippen LogP contribution < -0.4 is 0 Å². The van der Waals surface area contributed by atoms with Crippen molar-refractivity contribution in [2.45, 2.75) is 32.6 Å². The molecule has 0 aromatic rings. The van der Waals surface area contributed by atoms with Crippen molar-refractivity contribution in [3.8, 4) is 0 Å². The SMILES string of the molecule is CC1CCCN(S(=O)(=O)N2CCCC(C=O)C2)C1. The van der Waals surface area contributed by atoms with E-state index in [4.69, 9.17) is 0 Å². The highest BCUT2D eigenvalue weighted by Crippen LogP contribution is 2.24. The average Bonchev–Trinajstić information content (AvgIpc) is 2.39. The van der Waals surface area contributed by atoms with Gasteiger partial charge in [0.25, 0.3) is 10.2 Å². The Labute approximate surface area is 109 Å². The van der Waals surface area contributed by atoms with E-state index in [0.717, 1.165) is 32.0 Å². The molecular weight excluding hydrogens is 252 g/mol. The summed E-state index contributed by atoms with van der Waals surface area (Å²) in [6, 6.07) is 0. The van der Waals surface area contributed by atoms with Gasteiger partial charge in [-0.2, -0.15) is 17.0 Å². The normalized spacial score (nSPS) is 32.3. The summed E-state index contributed by atoms with van der Waals surface area (Å²) in [7, 11) is -3.35. The number of carbonyl (C=O) groups excluding carboxylic acids is 1. The lowest BCUT2D eigenvalue weighted by molar-refractivity contribution is -0.112. The first-order valence-corrected chi connectivity index (χ1v) is 8.14. The van der Waals surface area contributed by atoms with Crippen LogP contribution in [-0.4, -0.2) is 49.5 Å². The third-order valence-corrected chi connectivity index (χ3v) is 5.85. The Bertz CT molecular complexity index is 396. The molecule has 0 amide bonds. The molecule has 2 fully saturated rings. The molecule has 2 saturated heterocycles. The van der Waals surface area contributed by atoms with Gasteiger partial charge < -0.3 is 4.79 Å². The lowest BCUT2D eigenvalue weighted by Crippen LogP contribution is -2.50. The van der Waals surface area contributed by atoms with Crippen LogP contribution in [0.3, 0.4) is 0 Å². The van der Waals surface area contributed by atoms with Crippen LogP contribution in [-0.2, 0) is 15.0 Å². The fourth-order valence-electron chi connectivity index (χ4n) is 2.81. The summed E-state index contributed by atoms with van der Waals surface area (Å²) in [4.78, 5) is 10.8. The van der Waals surface area contributed by atoms with E-state index in [0.29, 0.717) is 32.1 Å². The van der Waals surface area contributed by atoms with Gasteiger partial charge in [-0.05, 0) is 31.6 Å². The van der Waals surface area contributed by atoms with Crippen molar-refractivity contribution in [2.75, 3.05) is 26.2 Å². The van der Waals surface area contributed by atoms with Crippen LogP contribution in [0.2, 0.25) is 0 Å². The third kappa shape index (κ3) is 2.92. The number of hydrogen-bond donors (Lipinski definition) is 0. The molecule has 0 aliphatic carbocycles. The highest BCUT2D eigenvalue weighted by molar-refractivity contribution is 7.86. The van der Waals surface area contributed by atoms with Crippen molar-refractivity contribution in [1.29, 1.82) is 0 Å². The summed E-state index contributed by atoms with van der Waals surface area (Å²) < 4.78 is 28.1. The van der Waals surface area contributed by atoms with Gasteiger partial charge in [0.15, 0.2) is 0 Å². The highest BCUT2D eigenvalue weighted by atomic mass is 32.2. The first-order chi connectivity index (χ1) is 8.54. The Morgan fingerprint density at radius 2 is 1.67 bits per heavy atom. The minimum atomic E-state index is -3.35. The molecular formula is C12H22N2O3S.